The third-order valence-corrected chi connectivity index (χ3v) is 14.8. The Balaban J connectivity index is 0.00000121. The summed E-state index contributed by atoms with van der Waals surface area (Å²) < 4.78 is 6.17. The molecule has 0 aliphatic carbocycles. The van der Waals surface area contributed by atoms with E-state index < -0.39 is 16.6 Å². The molecule has 0 fully saturated rings. The molecular weight excluding hydrogens is 414 g/mol. The first-order valence-corrected chi connectivity index (χ1v) is 12.4. The maximum atomic E-state index is 2.38. The zero-order chi connectivity index (χ0) is 16.2. The molecule has 4 rings (SSSR count). The van der Waals surface area contributed by atoms with Gasteiger partial charge in [0.25, 0.3) is 0 Å². The molecule has 0 nitrogen and oxygen atoms in total. The van der Waals surface area contributed by atoms with Crippen molar-refractivity contribution < 1.29 is 41.4 Å². The second kappa shape index (κ2) is 9.61. The molecule has 0 aliphatic heterocycles. The predicted molar refractivity (Wildman–Crippen MR) is 104 cm³/mol. The van der Waals surface area contributed by atoms with Gasteiger partial charge in [-0.2, -0.15) is 0 Å². The first-order chi connectivity index (χ1) is 11.9. The van der Waals surface area contributed by atoms with E-state index in [1.165, 1.54) is 11.6 Å². The van der Waals surface area contributed by atoms with Crippen molar-refractivity contribution in [2.75, 3.05) is 0 Å². The average molecular weight is 433 g/mol. The standard InChI is InChI=1S/3C6H5.C4H4P.2ClH.Ti/c3*1-2-4-6-5-3-1;1-2-4-5-3-1;;;/h3*1-5H;1-3,5H;2*1H;/q;;;;;;+2/p-2. The van der Waals surface area contributed by atoms with Crippen LogP contribution in [0.5, 0.6) is 0 Å². The van der Waals surface area contributed by atoms with Crippen LogP contribution in [0.2, 0.25) is 0 Å². The molecule has 26 heavy (non-hydrogen) atoms. The quantitative estimate of drug-likeness (QED) is 0.312. The van der Waals surface area contributed by atoms with Gasteiger partial charge in [-0.15, -0.1) is 0 Å². The van der Waals surface area contributed by atoms with Gasteiger partial charge in [-0.05, 0) is 0 Å². The molecule has 0 radical (unpaired) electrons. The molecule has 0 bridgehead atoms. The summed E-state index contributed by atoms with van der Waals surface area (Å²) in [6.45, 7) is 0. The Kier molecular flexibility index (Phi) is 7.77. The van der Waals surface area contributed by atoms with Gasteiger partial charge in [-0.3, -0.25) is 0 Å². The van der Waals surface area contributed by atoms with Crippen molar-refractivity contribution in [1.82, 2.24) is 0 Å². The molecule has 4 heteroatoms. The minimum absolute atomic E-state index is 0. The van der Waals surface area contributed by atoms with Gasteiger partial charge in [0.2, 0.25) is 0 Å². The summed E-state index contributed by atoms with van der Waals surface area (Å²) in [5.41, 5.74) is 0. The van der Waals surface area contributed by atoms with Gasteiger partial charge in [0.15, 0.2) is 0 Å². The van der Waals surface area contributed by atoms with Crippen molar-refractivity contribution in [1.29, 1.82) is 0 Å². The van der Waals surface area contributed by atoms with Crippen LogP contribution in [-0.4, -0.2) is 0 Å². The first-order valence-electron chi connectivity index (χ1n) is 8.23. The van der Waals surface area contributed by atoms with E-state index in [2.05, 4.69) is 109 Å². The molecule has 0 amide bonds. The number of hydrogen-bond donors (Lipinski definition) is 0. The van der Waals surface area contributed by atoms with Crippen molar-refractivity contribution in [3.05, 3.63) is 109 Å². The van der Waals surface area contributed by atoms with Gasteiger partial charge in [0.05, 0.1) is 0 Å². The number of halogens is 2. The number of hydrogen-bond acceptors (Lipinski definition) is 0. The second-order valence-corrected chi connectivity index (χ2v) is 13.8. The Morgan fingerprint density at radius 2 is 0.846 bits per heavy atom. The molecule has 0 spiro atoms. The van der Waals surface area contributed by atoms with E-state index >= 15 is 0 Å². The van der Waals surface area contributed by atoms with Crippen molar-refractivity contribution in [2.24, 2.45) is 0 Å². The Labute approximate surface area is 172 Å². The van der Waals surface area contributed by atoms with Crippen LogP contribution in [-0.2, 0) is 16.6 Å². The molecule has 1 unspecified atom stereocenters. The van der Waals surface area contributed by atoms with Crippen LogP contribution in [0.25, 0.3) is 0 Å². The molecular formula is C22H19Cl2PTi. The SMILES string of the molecule is [Cl-].[Cl-].c1cc[c]([Ti+2]([c]2ccccc2)([c]2ccccc2)[c]2ccc[pH]2)cc1. The molecule has 1 aromatic heterocycles. The predicted octanol–water partition coefficient (Wildman–Crippen LogP) is -2.52. The molecule has 4 aromatic rings. The maximum absolute atomic E-state index is 2.86. The average Bonchev–Trinajstić information content (AvgIpc) is 3.20. The Morgan fingerprint density at radius 1 is 0.462 bits per heavy atom. The van der Waals surface area contributed by atoms with E-state index in [1.807, 2.05) is 0 Å². The van der Waals surface area contributed by atoms with Crippen LogP contribution >= 0.6 is 8.19 Å². The molecule has 3 aromatic carbocycles. The van der Waals surface area contributed by atoms with Gasteiger partial charge in [-0.25, -0.2) is 0 Å². The van der Waals surface area contributed by atoms with Crippen LogP contribution in [0.15, 0.2) is 109 Å². The van der Waals surface area contributed by atoms with Gasteiger partial charge >= 0.3 is 149 Å². The summed E-state index contributed by atoms with van der Waals surface area (Å²) in [6, 6.07) is 38.1. The second-order valence-electron chi connectivity index (χ2n) is 5.93. The van der Waals surface area contributed by atoms with Gasteiger partial charge in [0.1, 0.15) is 0 Å². The van der Waals surface area contributed by atoms with Crippen LogP contribution < -0.4 is 40.0 Å². The van der Waals surface area contributed by atoms with E-state index in [0.717, 1.165) is 8.19 Å². The normalized spacial score (nSPS) is 10.2. The summed E-state index contributed by atoms with van der Waals surface area (Å²) in [5, 5.41) is 0. The zero-order valence-electron chi connectivity index (χ0n) is 14.1. The molecule has 0 N–H and O–H groups in total. The van der Waals surface area contributed by atoms with E-state index in [1.54, 1.807) is 3.60 Å². The van der Waals surface area contributed by atoms with Crippen LogP contribution in [0.3, 0.4) is 0 Å². The molecule has 1 atom stereocenters. The van der Waals surface area contributed by atoms with Crippen molar-refractivity contribution in [3.63, 3.8) is 0 Å². The molecule has 1 heterocycles. The Morgan fingerprint density at radius 3 is 1.15 bits per heavy atom. The topological polar surface area (TPSA) is 0 Å². The molecule has 0 saturated carbocycles. The number of rotatable bonds is 4. The Hall–Kier alpha value is -1.27. The fourth-order valence-corrected chi connectivity index (χ4v) is 14.4. The number of benzene rings is 3. The zero-order valence-corrected chi connectivity index (χ0v) is 18.2. The molecule has 0 saturated heterocycles. The van der Waals surface area contributed by atoms with Crippen LogP contribution in [0, 0.1) is 0 Å². The molecule has 0 aliphatic rings. The van der Waals surface area contributed by atoms with Gasteiger partial charge in [-0.1, -0.05) is 0 Å². The van der Waals surface area contributed by atoms with E-state index in [9.17, 15) is 0 Å². The van der Waals surface area contributed by atoms with Crippen molar-refractivity contribution in [2.45, 2.75) is 0 Å². The van der Waals surface area contributed by atoms with E-state index in [4.69, 9.17) is 0 Å². The minimum atomic E-state index is -2.86. The third-order valence-electron chi connectivity index (χ3n) is 4.62. The summed E-state index contributed by atoms with van der Waals surface area (Å²) in [7, 11) is 0.792. The fourth-order valence-electron chi connectivity index (χ4n) is 3.59. The van der Waals surface area contributed by atoms with Crippen LogP contribution in [0.1, 0.15) is 0 Å². The molecule has 130 valence electrons. The van der Waals surface area contributed by atoms with E-state index in [-0.39, 0.29) is 24.8 Å². The summed E-state index contributed by atoms with van der Waals surface area (Å²) in [5.74, 6) is 2.32. The van der Waals surface area contributed by atoms with E-state index in [0.29, 0.717) is 0 Å². The van der Waals surface area contributed by atoms with Gasteiger partial charge < -0.3 is 24.8 Å². The van der Waals surface area contributed by atoms with Gasteiger partial charge in [0, 0.05) is 0 Å². The van der Waals surface area contributed by atoms with Crippen LogP contribution in [0.4, 0.5) is 0 Å². The van der Waals surface area contributed by atoms with Crippen molar-refractivity contribution in [3.8, 4) is 0 Å². The monoisotopic (exact) mass is 432 g/mol. The third kappa shape index (κ3) is 3.72. The summed E-state index contributed by atoms with van der Waals surface area (Å²) >= 11 is -2.86. The fraction of sp³-hybridized carbons (Fsp3) is 0. The van der Waals surface area contributed by atoms with Crippen molar-refractivity contribution >= 4 is 23.4 Å². The summed E-state index contributed by atoms with van der Waals surface area (Å²) in [6.07, 6.45) is 0. The Bertz CT molecular complexity index is 798. The first kappa shape index (κ1) is 21.0. The summed E-state index contributed by atoms with van der Waals surface area (Å²) in [4.78, 5) is 0.